The molecule has 0 bridgehead atoms. The standard InChI is InChI=1S/C18H20N2O2S/c1-12-7-13(2)9-14(8-12)10-23-11-17(21)20-16-5-3-15(4-6-16)18(19)22/h3-9H,10-11H2,1-2H3,(H2,19,22)(H,20,21). The molecule has 0 unspecified atom stereocenters. The fraction of sp³-hybridized carbons (Fsp3) is 0.222. The lowest BCUT2D eigenvalue weighted by molar-refractivity contribution is -0.113. The van der Waals surface area contributed by atoms with Crippen molar-refractivity contribution in [1.29, 1.82) is 0 Å². The van der Waals surface area contributed by atoms with Crippen molar-refractivity contribution in [2.45, 2.75) is 19.6 Å². The van der Waals surface area contributed by atoms with E-state index in [4.69, 9.17) is 5.73 Å². The van der Waals surface area contributed by atoms with Gasteiger partial charge in [-0.3, -0.25) is 9.59 Å². The second-order valence-electron chi connectivity index (χ2n) is 5.48. The Labute approximate surface area is 140 Å². The Balaban J connectivity index is 1.81. The second kappa shape index (κ2) is 7.83. The number of primary amides is 1. The van der Waals surface area contributed by atoms with E-state index in [0.717, 1.165) is 5.75 Å². The minimum absolute atomic E-state index is 0.0637. The number of thioether (sulfide) groups is 1. The quantitative estimate of drug-likeness (QED) is 0.855. The molecule has 2 amide bonds. The number of hydrogen-bond donors (Lipinski definition) is 2. The van der Waals surface area contributed by atoms with Crippen molar-refractivity contribution in [2.24, 2.45) is 5.73 Å². The van der Waals surface area contributed by atoms with Crippen molar-refractivity contribution < 1.29 is 9.59 Å². The number of carbonyl (C=O) groups excluding carboxylic acids is 2. The van der Waals surface area contributed by atoms with Gasteiger partial charge in [-0.25, -0.2) is 0 Å². The zero-order valence-electron chi connectivity index (χ0n) is 13.3. The molecule has 23 heavy (non-hydrogen) atoms. The Bertz CT molecular complexity index is 691. The first-order valence-electron chi connectivity index (χ1n) is 7.28. The molecule has 2 aromatic carbocycles. The number of amides is 2. The Hall–Kier alpha value is -2.27. The average molecular weight is 328 g/mol. The van der Waals surface area contributed by atoms with Gasteiger partial charge in [-0.05, 0) is 43.7 Å². The third kappa shape index (κ3) is 5.45. The summed E-state index contributed by atoms with van der Waals surface area (Å²) >= 11 is 1.57. The van der Waals surface area contributed by atoms with Gasteiger partial charge in [0.15, 0.2) is 0 Å². The molecule has 0 atom stereocenters. The third-order valence-corrected chi connectivity index (χ3v) is 4.24. The summed E-state index contributed by atoms with van der Waals surface area (Å²) in [7, 11) is 0. The molecule has 0 spiro atoms. The van der Waals surface area contributed by atoms with Crippen LogP contribution in [0.3, 0.4) is 0 Å². The van der Waals surface area contributed by atoms with E-state index in [2.05, 4.69) is 37.4 Å². The van der Waals surface area contributed by atoms with E-state index in [1.165, 1.54) is 16.7 Å². The van der Waals surface area contributed by atoms with Gasteiger partial charge in [-0.1, -0.05) is 29.3 Å². The number of carbonyl (C=O) groups is 2. The second-order valence-corrected chi connectivity index (χ2v) is 6.46. The van der Waals surface area contributed by atoms with Crippen LogP contribution in [0.5, 0.6) is 0 Å². The van der Waals surface area contributed by atoms with E-state index in [1.807, 2.05) is 0 Å². The average Bonchev–Trinajstić information content (AvgIpc) is 2.46. The van der Waals surface area contributed by atoms with Gasteiger partial charge in [0.1, 0.15) is 0 Å². The molecular formula is C18H20N2O2S. The minimum atomic E-state index is -0.480. The van der Waals surface area contributed by atoms with E-state index in [9.17, 15) is 9.59 Å². The summed E-state index contributed by atoms with van der Waals surface area (Å²) in [5.41, 5.74) is 9.96. The van der Waals surface area contributed by atoms with Crippen molar-refractivity contribution in [3.05, 3.63) is 64.7 Å². The highest BCUT2D eigenvalue weighted by atomic mass is 32.2. The molecule has 0 fully saturated rings. The lowest BCUT2D eigenvalue weighted by atomic mass is 10.1. The monoisotopic (exact) mass is 328 g/mol. The molecule has 0 aliphatic rings. The Morgan fingerprint density at radius 2 is 1.65 bits per heavy atom. The van der Waals surface area contributed by atoms with Gasteiger partial charge in [0.2, 0.25) is 11.8 Å². The number of rotatable bonds is 6. The van der Waals surface area contributed by atoms with Crippen LogP contribution in [0.25, 0.3) is 0 Å². The van der Waals surface area contributed by atoms with Gasteiger partial charge in [0.05, 0.1) is 5.75 Å². The minimum Gasteiger partial charge on any atom is -0.366 e. The zero-order chi connectivity index (χ0) is 16.8. The number of anilines is 1. The summed E-state index contributed by atoms with van der Waals surface area (Å²) in [6.07, 6.45) is 0. The number of benzene rings is 2. The molecule has 0 aliphatic heterocycles. The normalized spacial score (nSPS) is 10.3. The van der Waals surface area contributed by atoms with Crippen LogP contribution in [0.2, 0.25) is 0 Å². The summed E-state index contributed by atoms with van der Waals surface area (Å²) in [4.78, 5) is 22.9. The first-order chi connectivity index (χ1) is 10.9. The molecule has 0 heterocycles. The summed E-state index contributed by atoms with van der Waals surface area (Å²) in [6, 6.07) is 13.0. The smallest absolute Gasteiger partial charge is 0.248 e. The highest BCUT2D eigenvalue weighted by molar-refractivity contribution is 7.99. The lowest BCUT2D eigenvalue weighted by Crippen LogP contribution is -2.15. The molecule has 0 aliphatic carbocycles. The van der Waals surface area contributed by atoms with Crippen molar-refractivity contribution in [3.63, 3.8) is 0 Å². The van der Waals surface area contributed by atoms with Gasteiger partial charge in [0, 0.05) is 17.0 Å². The van der Waals surface area contributed by atoms with Crippen LogP contribution in [-0.2, 0) is 10.5 Å². The van der Waals surface area contributed by atoms with Gasteiger partial charge < -0.3 is 11.1 Å². The zero-order valence-corrected chi connectivity index (χ0v) is 14.1. The third-order valence-electron chi connectivity index (χ3n) is 3.24. The molecule has 0 saturated heterocycles. The maximum Gasteiger partial charge on any atom is 0.248 e. The first kappa shape index (κ1) is 17.1. The molecule has 4 nitrogen and oxygen atoms in total. The fourth-order valence-corrected chi connectivity index (χ4v) is 3.09. The van der Waals surface area contributed by atoms with Crippen LogP contribution in [0, 0.1) is 13.8 Å². The maximum atomic E-state index is 11.9. The largest absolute Gasteiger partial charge is 0.366 e. The van der Waals surface area contributed by atoms with E-state index < -0.39 is 5.91 Å². The Kier molecular flexibility index (Phi) is 5.82. The predicted octanol–water partition coefficient (Wildman–Crippen LogP) is 3.27. The van der Waals surface area contributed by atoms with Crippen LogP contribution in [-0.4, -0.2) is 17.6 Å². The van der Waals surface area contributed by atoms with Crippen molar-refractivity contribution in [3.8, 4) is 0 Å². The lowest BCUT2D eigenvalue weighted by Gasteiger charge is -2.07. The molecular weight excluding hydrogens is 308 g/mol. The molecule has 3 N–H and O–H groups in total. The van der Waals surface area contributed by atoms with Crippen LogP contribution in [0.4, 0.5) is 5.69 Å². The molecule has 0 aromatic heterocycles. The van der Waals surface area contributed by atoms with E-state index in [-0.39, 0.29) is 5.91 Å². The first-order valence-corrected chi connectivity index (χ1v) is 8.44. The van der Waals surface area contributed by atoms with Crippen molar-refractivity contribution in [2.75, 3.05) is 11.1 Å². The van der Waals surface area contributed by atoms with Crippen LogP contribution >= 0.6 is 11.8 Å². The number of aryl methyl sites for hydroxylation is 2. The fourth-order valence-electron chi connectivity index (χ4n) is 2.33. The van der Waals surface area contributed by atoms with Crippen LogP contribution in [0.15, 0.2) is 42.5 Å². The van der Waals surface area contributed by atoms with Crippen molar-refractivity contribution in [1.82, 2.24) is 0 Å². The molecule has 0 saturated carbocycles. The van der Waals surface area contributed by atoms with E-state index in [1.54, 1.807) is 36.0 Å². The van der Waals surface area contributed by atoms with Gasteiger partial charge >= 0.3 is 0 Å². The molecule has 120 valence electrons. The Morgan fingerprint density at radius 3 is 2.22 bits per heavy atom. The number of hydrogen-bond acceptors (Lipinski definition) is 3. The summed E-state index contributed by atoms with van der Waals surface area (Å²) < 4.78 is 0. The Morgan fingerprint density at radius 1 is 1.04 bits per heavy atom. The maximum absolute atomic E-state index is 11.9. The SMILES string of the molecule is Cc1cc(C)cc(CSCC(=O)Nc2ccc(C(N)=O)cc2)c1. The highest BCUT2D eigenvalue weighted by Gasteiger charge is 2.05. The topological polar surface area (TPSA) is 72.2 Å². The molecule has 5 heteroatoms. The van der Waals surface area contributed by atoms with Gasteiger partial charge in [-0.15, -0.1) is 11.8 Å². The molecule has 2 rings (SSSR count). The van der Waals surface area contributed by atoms with Crippen LogP contribution in [0.1, 0.15) is 27.0 Å². The van der Waals surface area contributed by atoms with Crippen molar-refractivity contribution >= 4 is 29.3 Å². The highest BCUT2D eigenvalue weighted by Crippen LogP contribution is 2.16. The number of nitrogens with two attached hydrogens (primary N) is 1. The molecule has 2 aromatic rings. The van der Waals surface area contributed by atoms with Gasteiger partial charge in [-0.2, -0.15) is 0 Å². The summed E-state index contributed by atoms with van der Waals surface area (Å²) in [5.74, 6) is 0.638. The summed E-state index contributed by atoms with van der Waals surface area (Å²) in [6.45, 7) is 4.15. The summed E-state index contributed by atoms with van der Waals surface area (Å²) in [5, 5.41) is 2.81. The number of nitrogens with one attached hydrogen (secondary N) is 1. The van der Waals surface area contributed by atoms with E-state index in [0.29, 0.717) is 17.0 Å². The molecule has 0 radical (unpaired) electrons. The predicted molar refractivity (Wildman–Crippen MR) is 95.7 cm³/mol. The van der Waals surface area contributed by atoms with E-state index >= 15 is 0 Å². The van der Waals surface area contributed by atoms with Crippen LogP contribution < -0.4 is 11.1 Å². The van der Waals surface area contributed by atoms with Gasteiger partial charge in [0.25, 0.3) is 0 Å².